The van der Waals surface area contributed by atoms with Gasteiger partial charge in [0.25, 0.3) is 0 Å². The number of nitrogens with two attached hydrogens (primary N) is 1. The van der Waals surface area contributed by atoms with Gasteiger partial charge in [-0.15, -0.1) is 0 Å². The Bertz CT molecular complexity index is 499. The maximum atomic E-state index is 10.0. The van der Waals surface area contributed by atoms with Crippen LogP contribution in [-0.4, -0.2) is 44.5 Å². The van der Waals surface area contributed by atoms with Gasteiger partial charge in [-0.3, -0.25) is 14.6 Å². The second-order valence-corrected chi connectivity index (χ2v) is 4.71. The lowest BCUT2D eigenvalue weighted by molar-refractivity contribution is 0.104. The Morgan fingerprint density at radius 1 is 1.47 bits per heavy atom. The van der Waals surface area contributed by atoms with Gasteiger partial charge in [0.2, 0.25) is 0 Å². The zero-order valence-electron chi connectivity index (χ0n) is 11.0. The van der Waals surface area contributed by atoms with Crippen LogP contribution in [0.15, 0.2) is 36.9 Å². The second kappa shape index (κ2) is 6.31. The van der Waals surface area contributed by atoms with E-state index in [1.807, 2.05) is 25.4 Å². The van der Waals surface area contributed by atoms with Crippen molar-refractivity contribution in [1.29, 1.82) is 0 Å². The molecule has 6 nitrogen and oxygen atoms in total. The van der Waals surface area contributed by atoms with Crippen LogP contribution in [0.1, 0.15) is 5.56 Å². The fraction of sp³-hybridized carbons (Fsp3) is 0.385. The van der Waals surface area contributed by atoms with Gasteiger partial charge in [-0.1, -0.05) is 6.07 Å². The van der Waals surface area contributed by atoms with Gasteiger partial charge in [0.05, 0.1) is 24.5 Å². The molecule has 102 valence electrons. The maximum absolute atomic E-state index is 10.0. The van der Waals surface area contributed by atoms with Crippen molar-refractivity contribution in [2.24, 2.45) is 0 Å². The fourth-order valence-electron chi connectivity index (χ4n) is 1.98. The Balaban J connectivity index is 1.80. The van der Waals surface area contributed by atoms with Gasteiger partial charge in [0.1, 0.15) is 0 Å². The van der Waals surface area contributed by atoms with Crippen LogP contribution in [-0.2, 0) is 13.1 Å². The predicted octanol–water partition coefficient (Wildman–Crippen LogP) is 0.353. The normalized spacial score (nSPS) is 12.8. The molecule has 0 saturated carbocycles. The Kier molecular flexibility index (Phi) is 4.48. The summed E-state index contributed by atoms with van der Waals surface area (Å²) in [6, 6.07) is 3.93. The van der Waals surface area contributed by atoms with Gasteiger partial charge >= 0.3 is 0 Å². The number of anilines is 1. The largest absolute Gasteiger partial charge is 0.396 e. The van der Waals surface area contributed by atoms with Crippen molar-refractivity contribution in [1.82, 2.24) is 19.7 Å². The van der Waals surface area contributed by atoms with Crippen LogP contribution in [0.5, 0.6) is 0 Å². The summed E-state index contributed by atoms with van der Waals surface area (Å²) in [7, 11) is 1.97. The van der Waals surface area contributed by atoms with Crippen LogP contribution in [0.3, 0.4) is 0 Å². The SMILES string of the molecule is CN(Cc1cccnc1)CC(O)Cn1cc(N)cn1. The number of aliphatic hydroxyl groups is 1. The monoisotopic (exact) mass is 261 g/mol. The quantitative estimate of drug-likeness (QED) is 0.784. The minimum absolute atomic E-state index is 0.439. The van der Waals surface area contributed by atoms with Crippen molar-refractivity contribution in [3.8, 4) is 0 Å². The number of aromatic nitrogens is 3. The topological polar surface area (TPSA) is 80.2 Å². The van der Waals surface area contributed by atoms with Gasteiger partial charge in [0.15, 0.2) is 0 Å². The summed E-state index contributed by atoms with van der Waals surface area (Å²) in [4.78, 5) is 6.12. The summed E-state index contributed by atoms with van der Waals surface area (Å²) >= 11 is 0. The molecule has 1 unspecified atom stereocenters. The number of aliphatic hydroxyl groups excluding tert-OH is 1. The summed E-state index contributed by atoms with van der Waals surface area (Å²) in [5, 5.41) is 14.1. The molecular weight excluding hydrogens is 242 g/mol. The number of rotatable bonds is 6. The molecule has 2 aromatic rings. The van der Waals surface area contributed by atoms with Crippen LogP contribution in [0.25, 0.3) is 0 Å². The Morgan fingerprint density at radius 3 is 2.95 bits per heavy atom. The average molecular weight is 261 g/mol. The molecule has 0 bridgehead atoms. The Labute approximate surface area is 112 Å². The first kappa shape index (κ1) is 13.5. The molecule has 0 aromatic carbocycles. The van der Waals surface area contributed by atoms with E-state index in [0.29, 0.717) is 18.8 Å². The van der Waals surface area contributed by atoms with E-state index in [9.17, 15) is 5.11 Å². The molecule has 2 rings (SSSR count). The van der Waals surface area contributed by atoms with Crippen molar-refractivity contribution in [2.45, 2.75) is 19.2 Å². The summed E-state index contributed by atoms with van der Waals surface area (Å²) in [5.41, 5.74) is 7.31. The highest BCUT2D eigenvalue weighted by Crippen LogP contribution is 2.04. The second-order valence-electron chi connectivity index (χ2n) is 4.71. The minimum Gasteiger partial charge on any atom is -0.396 e. The Morgan fingerprint density at radius 2 is 2.32 bits per heavy atom. The lowest BCUT2D eigenvalue weighted by Crippen LogP contribution is -2.31. The summed E-state index contributed by atoms with van der Waals surface area (Å²) in [6.07, 6.45) is 6.38. The molecule has 0 fully saturated rings. The average Bonchev–Trinajstić information content (AvgIpc) is 2.75. The van der Waals surface area contributed by atoms with Crippen molar-refractivity contribution in [3.63, 3.8) is 0 Å². The van der Waals surface area contributed by atoms with E-state index in [1.165, 1.54) is 0 Å². The molecule has 3 N–H and O–H groups in total. The van der Waals surface area contributed by atoms with E-state index in [0.717, 1.165) is 12.1 Å². The van der Waals surface area contributed by atoms with Gasteiger partial charge in [-0.05, 0) is 18.7 Å². The molecule has 0 aliphatic carbocycles. The lowest BCUT2D eigenvalue weighted by atomic mass is 10.2. The number of nitrogens with zero attached hydrogens (tertiary/aromatic N) is 4. The third kappa shape index (κ3) is 4.35. The lowest BCUT2D eigenvalue weighted by Gasteiger charge is -2.20. The van der Waals surface area contributed by atoms with Crippen LogP contribution in [0.2, 0.25) is 0 Å². The molecule has 0 aliphatic rings. The molecule has 0 amide bonds. The van der Waals surface area contributed by atoms with Gasteiger partial charge in [-0.2, -0.15) is 5.10 Å². The van der Waals surface area contributed by atoms with Crippen molar-refractivity contribution in [3.05, 3.63) is 42.5 Å². The highest BCUT2D eigenvalue weighted by molar-refractivity contribution is 5.30. The first-order valence-corrected chi connectivity index (χ1v) is 6.17. The predicted molar refractivity (Wildman–Crippen MR) is 73.2 cm³/mol. The van der Waals surface area contributed by atoms with E-state index in [1.54, 1.807) is 23.3 Å². The molecule has 0 aliphatic heterocycles. The van der Waals surface area contributed by atoms with Crippen molar-refractivity contribution < 1.29 is 5.11 Å². The fourth-order valence-corrected chi connectivity index (χ4v) is 1.98. The third-order valence-corrected chi connectivity index (χ3v) is 2.75. The molecular formula is C13H19N5O. The molecule has 0 saturated heterocycles. The number of likely N-dealkylation sites (N-methyl/N-ethyl adjacent to an activating group) is 1. The van der Waals surface area contributed by atoms with Crippen LogP contribution in [0, 0.1) is 0 Å². The molecule has 2 aromatic heterocycles. The molecule has 0 radical (unpaired) electrons. The van der Waals surface area contributed by atoms with E-state index >= 15 is 0 Å². The number of hydrogen-bond acceptors (Lipinski definition) is 5. The number of hydrogen-bond donors (Lipinski definition) is 2. The van der Waals surface area contributed by atoms with E-state index in [4.69, 9.17) is 5.73 Å². The smallest absolute Gasteiger partial charge is 0.0862 e. The molecule has 19 heavy (non-hydrogen) atoms. The minimum atomic E-state index is -0.485. The van der Waals surface area contributed by atoms with Crippen molar-refractivity contribution in [2.75, 3.05) is 19.3 Å². The van der Waals surface area contributed by atoms with E-state index in [2.05, 4.69) is 15.0 Å². The van der Waals surface area contributed by atoms with Crippen LogP contribution < -0.4 is 5.73 Å². The molecule has 1 atom stereocenters. The summed E-state index contributed by atoms with van der Waals surface area (Å²) in [6.45, 7) is 1.76. The van der Waals surface area contributed by atoms with Crippen molar-refractivity contribution >= 4 is 5.69 Å². The van der Waals surface area contributed by atoms with Gasteiger partial charge < -0.3 is 10.8 Å². The molecule has 0 spiro atoms. The first-order valence-electron chi connectivity index (χ1n) is 6.17. The molecule has 6 heteroatoms. The maximum Gasteiger partial charge on any atom is 0.0862 e. The zero-order valence-corrected chi connectivity index (χ0v) is 11.0. The number of pyridine rings is 1. The highest BCUT2D eigenvalue weighted by Gasteiger charge is 2.10. The number of nitrogen functional groups attached to an aromatic ring is 1. The van der Waals surface area contributed by atoms with Crippen LogP contribution >= 0.6 is 0 Å². The summed E-state index contributed by atoms with van der Waals surface area (Å²) in [5.74, 6) is 0. The highest BCUT2D eigenvalue weighted by atomic mass is 16.3. The summed E-state index contributed by atoms with van der Waals surface area (Å²) < 4.78 is 1.65. The third-order valence-electron chi connectivity index (χ3n) is 2.75. The van der Waals surface area contributed by atoms with E-state index in [-0.39, 0.29) is 0 Å². The Hall–Kier alpha value is -1.92. The first-order chi connectivity index (χ1) is 9.13. The van der Waals surface area contributed by atoms with E-state index < -0.39 is 6.10 Å². The zero-order chi connectivity index (χ0) is 13.7. The van der Waals surface area contributed by atoms with Gasteiger partial charge in [0, 0.05) is 31.7 Å². The van der Waals surface area contributed by atoms with Gasteiger partial charge in [-0.25, -0.2) is 0 Å². The molecule has 2 heterocycles. The standard InChI is InChI=1S/C13H19N5O/c1-17(7-11-3-2-4-15-5-11)9-13(19)10-18-8-12(14)6-16-18/h2-6,8,13,19H,7,9-10,14H2,1H3. The van der Waals surface area contributed by atoms with Crippen LogP contribution in [0.4, 0.5) is 5.69 Å².